The fourth-order valence-electron chi connectivity index (χ4n) is 1.22. The molecule has 0 saturated carbocycles. The molecule has 0 N–H and O–H groups in total. The Labute approximate surface area is 66.5 Å². The van der Waals surface area contributed by atoms with Crippen LogP contribution in [0.2, 0.25) is 0 Å². The summed E-state index contributed by atoms with van der Waals surface area (Å²) in [6.07, 6.45) is 8.01. The lowest BCUT2D eigenvalue weighted by Crippen LogP contribution is -2.05. The maximum Gasteiger partial charge on any atom is 0.311 e. The molecule has 1 atom stereocenters. The van der Waals surface area contributed by atoms with Crippen molar-refractivity contribution in [2.75, 3.05) is 0 Å². The number of esters is 1. The molecule has 0 saturated heterocycles. The molecular weight excluding hydrogens is 140 g/mol. The van der Waals surface area contributed by atoms with E-state index in [9.17, 15) is 4.79 Å². The minimum absolute atomic E-state index is 0.184. The third-order valence-electron chi connectivity index (χ3n) is 1.76. The number of hydrogen-bond acceptors (Lipinski definition) is 2. The van der Waals surface area contributed by atoms with E-state index in [0.29, 0.717) is 12.3 Å². The molecule has 0 aromatic heterocycles. The highest BCUT2D eigenvalue weighted by molar-refractivity contribution is 5.70. The van der Waals surface area contributed by atoms with Crippen LogP contribution in [0.15, 0.2) is 25.0 Å². The predicted molar refractivity (Wildman–Crippen MR) is 42.8 cm³/mol. The van der Waals surface area contributed by atoms with Crippen molar-refractivity contribution in [2.24, 2.45) is 5.92 Å². The standard InChI is InChI=1S/C9H12O2/c1-2-11-9(10)7-8-5-3-4-6-8/h2-3,5,8H,1,4,6-7H2. The zero-order valence-electron chi connectivity index (χ0n) is 6.45. The van der Waals surface area contributed by atoms with Crippen molar-refractivity contribution in [1.82, 2.24) is 0 Å². The molecule has 2 heteroatoms. The molecule has 1 unspecified atom stereocenters. The van der Waals surface area contributed by atoms with E-state index in [4.69, 9.17) is 0 Å². The summed E-state index contributed by atoms with van der Waals surface area (Å²) >= 11 is 0. The zero-order chi connectivity index (χ0) is 8.10. The summed E-state index contributed by atoms with van der Waals surface area (Å²) in [5.74, 6) is 0.207. The lowest BCUT2D eigenvalue weighted by molar-refractivity contribution is -0.138. The monoisotopic (exact) mass is 152 g/mol. The van der Waals surface area contributed by atoms with Gasteiger partial charge in [-0.2, -0.15) is 0 Å². The minimum Gasteiger partial charge on any atom is -0.435 e. The van der Waals surface area contributed by atoms with Gasteiger partial charge in [-0.25, -0.2) is 0 Å². The summed E-state index contributed by atoms with van der Waals surface area (Å²) in [5, 5.41) is 0. The molecule has 60 valence electrons. The first-order valence-corrected chi connectivity index (χ1v) is 3.80. The van der Waals surface area contributed by atoms with Crippen LogP contribution in [0.5, 0.6) is 0 Å². The van der Waals surface area contributed by atoms with Crippen LogP contribution >= 0.6 is 0 Å². The van der Waals surface area contributed by atoms with Gasteiger partial charge in [0.05, 0.1) is 12.7 Å². The van der Waals surface area contributed by atoms with E-state index in [0.717, 1.165) is 12.8 Å². The van der Waals surface area contributed by atoms with E-state index in [1.165, 1.54) is 6.26 Å². The summed E-state index contributed by atoms with van der Waals surface area (Å²) in [6, 6.07) is 0. The van der Waals surface area contributed by atoms with Crippen molar-refractivity contribution in [2.45, 2.75) is 19.3 Å². The molecule has 0 fully saturated rings. The fourth-order valence-corrected chi connectivity index (χ4v) is 1.22. The van der Waals surface area contributed by atoms with E-state index in [-0.39, 0.29) is 5.97 Å². The van der Waals surface area contributed by atoms with E-state index < -0.39 is 0 Å². The predicted octanol–water partition coefficient (Wildman–Crippen LogP) is 2.03. The second-order valence-electron chi connectivity index (χ2n) is 2.63. The Morgan fingerprint density at radius 1 is 1.82 bits per heavy atom. The lowest BCUT2D eigenvalue weighted by Gasteiger charge is -2.03. The fraction of sp³-hybridized carbons (Fsp3) is 0.444. The summed E-state index contributed by atoms with van der Waals surface area (Å²) in [7, 11) is 0. The van der Waals surface area contributed by atoms with Gasteiger partial charge in [0.25, 0.3) is 0 Å². The van der Waals surface area contributed by atoms with E-state index in [1.807, 2.05) is 0 Å². The highest BCUT2D eigenvalue weighted by atomic mass is 16.5. The Bertz CT molecular complexity index is 182. The molecule has 1 aliphatic carbocycles. The van der Waals surface area contributed by atoms with Crippen LogP contribution in [0.4, 0.5) is 0 Å². The van der Waals surface area contributed by atoms with Crippen LogP contribution in [0.25, 0.3) is 0 Å². The maximum atomic E-state index is 10.9. The van der Waals surface area contributed by atoms with E-state index >= 15 is 0 Å². The van der Waals surface area contributed by atoms with Crippen LogP contribution in [-0.2, 0) is 9.53 Å². The van der Waals surface area contributed by atoms with Gasteiger partial charge in [-0.1, -0.05) is 18.7 Å². The third kappa shape index (κ3) is 2.58. The van der Waals surface area contributed by atoms with E-state index in [1.54, 1.807) is 0 Å². The van der Waals surface area contributed by atoms with Gasteiger partial charge in [-0.15, -0.1) is 0 Å². The summed E-state index contributed by atoms with van der Waals surface area (Å²) in [5.41, 5.74) is 0. The van der Waals surface area contributed by atoms with Crippen LogP contribution < -0.4 is 0 Å². The van der Waals surface area contributed by atoms with Crippen molar-refractivity contribution in [3.63, 3.8) is 0 Å². The number of carbonyl (C=O) groups excluding carboxylic acids is 1. The number of carbonyl (C=O) groups is 1. The molecule has 2 nitrogen and oxygen atoms in total. The highest BCUT2D eigenvalue weighted by Crippen LogP contribution is 2.20. The first kappa shape index (κ1) is 8.05. The Hall–Kier alpha value is -1.05. The first-order chi connectivity index (χ1) is 5.33. The van der Waals surface area contributed by atoms with Crippen LogP contribution in [0.3, 0.4) is 0 Å². The smallest absolute Gasteiger partial charge is 0.311 e. The minimum atomic E-state index is -0.184. The van der Waals surface area contributed by atoms with Crippen LogP contribution in [0, 0.1) is 5.92 Å². The number of allylic oxidation sites excluding steroid dienone is 2. The van der Waals surface area contributed by atoms with Gasteiger partial charge >= 0.3 is 5.97 Å². The molecule has 0 heterocycles. The van der Waals surface area contributed by atoms with Gasteiger partial charge < -0.3 is 4.74 Å². The zero-order valence-corrected chi connectivity index (χ0v) is 6.45. The van der Waals surface area contributed by atoms with Gasteiger partial charge in [0.1, 0.15) is 0 Å². The Kier molecular flexibility index (Phi) is 2.90. The quantitative estimate of drug-likeness (QED) is 0.351. The summed E-state index contributed by atoms with van der Waals surface area (Å²) in [6.45, 7) is 3.31. The molecule has 1 aliphatic rings. The average Bonchev–Trinajstić information content (AvgIpc) is 2.40. The Morgan fingerprint density at radius 2 is 2.64 bits per heavy atom. The topological polar surface area (TPSA) is 26.3 Å². The number of hydrogen-bond donors (Lipinski definition) is 0. The first-order valence-electron chi connectivity index (χ1n) is 3.80. The molecule has 0 spiro atoms. The molecule has 0 bridgehead atoms. The van der Waals surface area contributed by atoms with Gasteiger partial charge in [-0.05, 0) is 18.8 Å². The van der Waals surface area contributed by atoms with Gasteiger partial charge in [0, 0.05) is 0 Å². The van der Waals surface area contributed by atoms with Gasteiger partial charge in [-0.3, -0.25) is 4.79 Å². The molecular formula is C9H12O2. The van der Waals surface area contributed by atoms with Gasteiger partial charge in [0.2, 0.25) is 0 Å². The van der Waals surface area contributed by atoms with Crippen molar-refractivity contribution in [3.05, 3.63) is 25.0 Å². The van der Waals surface area contributed by atoms with Crippen molar-refractivity contribution in [1.29, 1.82) is 0 Å². The van der Waals surface area contributed by atoms with E-state index in [2.05, 4.69) is 23.5 Å². The second kappa shape index (κ2) is 3.96. The molecule has 0 aromatic rings. The molecule has 0 radical (unpaired) electrons. The Balaban J connectivity index is 2.24. The normalized spacial score (nSPS) is 21.6. The third-order valence-corrected chi connectivity index (χ3v) is 1.76. The summed E-state index contributed by atoms with van der Waals surface area (Å²) in [4.78, 5) is 10.9. The number of ether oxygens (including phenoxy) is 1. The van der Waals surface area contributed by atoms with Crippen molar-refractivity contribution >= 4 is 5.97 Å². The highest BCUT2D eigenvalue weighted by Gasteiger charge is 2.13. The molecule has 11 heavy (non-hydrogen) atoms. The molecule has 0 aromatic carbocycles. The largest absolute Gasteiger partial charge is 0.435 e. The lowest BCUT2D eigenvalue weighted by atomic mass is 10.1. The summed E-state index contributed by atoms with van der Waals surface area (Å²) < 4.78 is 4.59. The van der Waals surface area contributed by atoms with Crippen molar-refractivity contribution < 1.29 is 9.53 Å². The molecule has 0 aliphatic heterocycles. The van der Waals surface area contributed by atoms with Crippen molar-refractivity contribution in [3.8, 4) is 0 Å². The van der Waals surface area contributed by atoms with Crippen LogP contribution in [0.1, 0.15) is 19.3 Å². The number of rotatable bonds is 3. The van der Waals surface area contributed by atoms with Gasteiger partial charge in [0.15, 0.2) is 0 Å². The molecule has 0 amide bonds. The van der Waals surface area contributed by atoms with Crippen LogP contribution in [-0.4, -0.2) is 5.97 Å². The maximum absolute atomic E-state index is 10.9. The molecule has 1 rings (SSSR count). The SMILES string of the molecule is C=COC(=O)CC1C=CCC1. The Morgan fingerprint density at radius 3 is 3.18 bits per heavy atom. The average molecular weight is 152 g/mol. The second-order valence-corrected chi connectivity index (χ2v) is 2.63.